The number of hydrogen-bond donors (Lipinski definition) is 1. The van der Waals surface area contributed by atoms with E-state index in [-0.39, 0.29) is 6.04 Å². The van der Waals surface area contributed by atoms with Crippen molar-refractivity contribution in [1.82, 2.24) is 4.98 Å². The molecule has 2 rings (SSSR count). The van der Waals surface area contributed by atoms with Crippen molar-refractivity contribution in [3.05, 3.63) is 53.2 Å². The van der Waals surface area contributed by atoms with Gasteiger partial charge < -0.3 is 5.73 Å². The maximum absolute atomic E-state index is 6.17. The fourth-order valence-corrected chi connectivity index (χ4v) is 3.21. The molecule has 2 nitrogen and oxygen atoms in total. The van der Waals surface area contributed by atoms with Gasteiger partial charge in [-0.25, -0.2) is 4.98 Å². The molecule has 0 bridgehead atoms. The SMILES string of the molecule is CC[C@@H](N)c1ccccc1Sc1cc(C)cc(C)n1. The summed E-state index contributed by atoms with van der Waals surface area (Å²) in [6.45, 7) is 6.24. The minimum atomic E-state index is 0.0922. The van der Waals surface area contributed by atoms with E-state index in [0.29, 0.717) is 0 Å². The van der Waals surface area contributed by atoms with Crippen molar-refractivity contribution in [2.24, 2.45) is 5.73 Å². The lowest BCUT2D eigenvalue weighted by Gasteiger charge is -2.14. The summed E-state index contributed by atoms with van der Waals surface area (Å²) < 4.78 is 0. The minimum absolute atomic E-state index is 0.0922. The predicted octanol–water partition coefficient (Wildman–Crippen LogP) is 4.26. The van der Waals surface area contributed by atoms with Gasteiger partial charge in [-0.15, -0.1) is 0 Å². The summed E-state index contributed by atoms with van der Waals surface area (Å²) in [6, 6.07) is 12.6. The van der Waals surface area contributed by atoms with E-state index in [0.717, 1.165) is 17.1 Å². The molecule has 1 aromatic carbocycles. The second kappa shape index (κ2) is 6.22. The fraction of sp³-hybridized carbons (Fsp3) is 0.312. The van der Waals surface area contributed by atoms with Crippen LogP contribution in [0.4, 0.5) is 0 Å². The lowest BCUT2D eigenvalue weighted by Crippen LogP contribution is -2.09. The van der Waals surface area contributed by atoms with E-state index in [4.69, 9.17) is 5.73 Å². The Morgan fingerprint density at radius 2 is 1.95 bits per heavy atom. The zero-order valence-corrected chi connectivity index (χ0v) is 12.5. The maximum Gasteiger partial charge on any atom is 0.101 e. The molecule has 0 amide bonds. The number of hydrogen-bond acceptors (Lipinski definition) is 3. The number of benzene rings is 1. The Balaban J connectivity index is 2.32. The molecular weight excluding hydrogens is 252 g/mol. The Kier molecular flexibility index (Phi) is 4.61. The van der Waals surface area contributed by atoms with E-state index in [1.54, 1.807) is 11.8 Å². The molecule has 0 aliphatic heterocycles. The molecular formula is C16H20N2S. The van der Waals surface area contributed by atoms with Crippen LogP contribution < -0.4 is 5.73 Å². The monoisotopic (exact) mass is 272 g/mol. The van der Waals surface area contributed by atoms with Crippen LogP contribution in [0.15, 0.2) is 46.3 Å². The predicted molar refractivity (Wildman–Crippen MR) is 81.5 cm³/mol. The Hall–Kier alpha value is -1.32. The van der Waals surface area contributed by atoms with E-state index < -0.39 is 0 Å². The topological polar surface area (TPSA) is 38.9 Å². The Bertz CT molecular complexity index is 546. The summed E-state index contributed by atoms with van der Waals surface area (Å²) in [4.78, 5) is 5.78. The quantitative estimate of drug-likeness (QED) is 0.904. The number of nitrogens with zero attached hydrogens (tertiary/aromatic N) is 1. The van der Waals surface area contributed by atoms with Crippen molar-refractivity contribution >= 4 is 11.8 Å². The largest absolute Gasteiger partial charge is 0.324 e. The second-order valence-corrected chi connectivity index (χ2v) is 5.84. The number of nitrogens with two attached hydrogens (primary N) is 1. The molecule has 0 spiro atoms. The third-order valence-corrected chi connectivity index (χ3v) is 4.06. The molecule has 1 aromatic heterocycles. The van der Waals surface area contributed by atoms with Crippen LogP contribution in [0.25, 0.3) is 0 Å². The van der Waals surface area contributed by atoms with Crippen LogP contribution in [-0.4, -0.2) is 4.98 Å². The average Bonchev–Trinajstić information content (AvgIpc) is 2.37. The molecule has 0 unspecified atom stereocenters. The van der Waals surface area contributed by atoms with Crippen molar-refractivity contribution in [2.45, 2.75) is 43.2 Å². The van der Waals surface area contributed by atoms with Crippen molar-refractivity contribution in [3.8, 4) is 0 Å². The normalized spacial score (nSPS) is 12.4. The van der Waals surface area contributed by atoms with E-state index in [9.17, 15) is 0 Å². The number of rotatable bonds is 4. The van der Waals surface area contributed by atoms with E-state index in [2.05, 4.69) is 49.2 Å². The van der Waals surface area contributed by atoms with Crippen molar-refractivity contribution in [2.75, 3.05) is 0 Å². The van der Waals surface area contributed by atoms with Crippen molar-refractivity contribution in [1.29, 1.82) is 0 Å². The van der Waals surface area contributed by atoms with Gasteiger partial charge in [0, 0.05) is 16.6 Å². The van der Waals surface area contributed by atoms with Gasteiger partial charge in [0.2, 0.25) is 0 Å². The highest BCUT2D eigenvalue weighted by molar-refractivity contribution is 7.99. The van der Waals surface area contributed by atoms with Gasteiger partial charge in [-0.1, -0.05) is 36.9 Å². The Morgan fingerprint density at radius 1 is 1.21 bits per heavy atom. The lowest BCUT2D eigenvalue weighted by atomic mass is 10.1. The van der Waals surface area contributed by atoms with Crippen LogP contribution in [0.5, 0.6) is 0 Å². The summed E-state index contributed by atoms with van der Waals surface area (Å²) >= 11 is 1.70. The third kappa shape index (κ3) is 3.58. The Morgan fingerprint density at radius 3 is 2.63 bits per heavy atom. The Labute approximate surface area is 119 Å². The van der Waals surface area contributed by atoms with Crippen molar-refractivity contribution in [3.63, 3.8) is 0 Å². The van der Waals surface area contributed by atoms with E-state index >= 15 is 0 Å². The fourth-order valence-electron chi connectivity index (χ4n) is 2.07. The van der Waals surface area contributed by atoms with Crippen LogP contribution in [0.2, 0.25) is 0 Å². The molecule has 2 N–H and O–H groups in total. The van der Waals surface area contributed by atoms with Crippen LogP contribution in [0, 0.1) is 13.8 Å². The molecule has 0 saturated carbocycles. The van der Waals surface area contributed by atoms with Crippen LogP contribution in [0.3, 0.4) is 0 Å². The first-order valence-corrected chi connectivity index (χ1v) is 7.39. The van der Waals surface area contributed by atoms with E-state index in [1.165, 1.54) is 16.0 Å². The molecule has 0 saturated heterocycles. The molecule has 1 atom stereocenters. The van der Waals surface area contributed by atoms with Gasteiger partial charge in [0.1, 0.15) is 5.03 Å². The summed E-state index contributed by atoms with van der Waals surface area (Å²) in [5.41, 5.74) is 9.68. The first kappa shape index (κ1) is 14.1. The molecule has 100 valence electrons. The van der Waals surface area contributed by atoms with Gasteiger partial charge in [0.15, 0.2) is 0 Å². The highest BCUT2D eigenvalue weighted by Gasteiger charge is 2.10. The minimum Gasteiger partial charge on any atom is -0.324 e. The average molecular weight is 272 g/mol. The van der Waals surface area contributed by atoms with Crippen LogP contribution in [0.1, 0.15) is 36.2 Å². The first-order valence-electron chi connectivity index (χ1n) is 6.57. The third-order valence-electron chi connectivity index (χ3n) is 3.05. The first-order chi connectivity index (χ1) is 9.10. The summed E-state index contributed by atoms with van der Waals surface area (Å²) in [7, 11) is 0. The number of pyridine rings is 1. The van der Waals surface area contributed by atoms with Gasteiger partial charge in [0.05, 0.1) is 0 Å². The van der Waals surface area contributed by atoms with Crippen LogP contribution >= 0.6 is 11.8 Å². The maximum atomic E-state index is 6.17. The number of aromatic nitrogens is 1. The molecule has 0 aliphatic carbocycles. The lowest BCUT2D eigenvalue weighted by molar-refractivity contribution is 0.685. The summed E-state index contributed by atoms with van der Waals surface area (Å²) in [5, 5.41) is 1.04. The molecule has 0 fully saturated rings. The smallest absolute Gasteiger partial charge is 0.101 e. The summed E-state index contributed by atoms with van der Waals surface area (Å²) in [5.74, 6) is 0. The van der Waals surface area contributed by atoms with Gasteiger partial charge in [-0.05, 0) is 49.6 Å². The highest BCUT2D eigenvalue weighted by atomic mass is 32.2. The highest BCUT2D eigenvalue weighted by Crippen LogP contribution is 2.32. The van der Waals surface area contributed by atoms with E-state index in [1.807, 2.05) is 13.0 Å². The summed E-state index contributed by atoms with van der Waals surface area (Å²) in [6.07, 6.45) is 0.942. The molecule has 2 aromatic rings. The molecule has 0 aliphatic rings. The van der Waals surface area contributed by atoms with Crippen LogP contribution in [-0.2, 0) is 0 Å². The molecule has 1 heterocycles. The van der Waals surface area contributed by atoms with Gasteiger partial charge in [-0.3, -0.25) is 0 Å². The standard InChI is InChI=1S/C16H20N2S/c1-4-14(17)13-7-5-6-8-15(13)19-16-10-11(2)9-12(3)18-16/h5-10,14H,4,17H2,1-3H3/t14-/m1/s1. The zero-order chi connectivity index (χ0) is 13.8. The molecule has 0 radical (unpaired) electrons. The number of aryl methyl sites for hydroxylation is 2. The van der Waals surface area contributed by atoms with Gasteiger partial charge >= 0.3 is 0 Å². The zero-order valence-electron chi connectivity index (χ0n) is 11.7. The molecule has 19 heavy (non-hydrogen) atoms. The van der Waals surface area contributed by atoms with Gasteiger partial charge in [-0.2, -0.15) is 0 Å². The molecule has 3 heteroatoms. The second-order valence-electron chi connectivity index (χ2n) is 4.78. The van der Waals surface area contributed by atoms with Crippen molar-refractivity contribution < 1.29 is 0 Å². The van der Waals surface area contributed by atoms with Gasteiger partial charge in [0.25, 0.3) is 0 Å².